The van der Waals surface area contributed by atoms with Crippen molar-refractivity contribution in [3.8, 4) is 0 Å². The maximum absolute atomic E-state index is 11.8. The van der Waals surface area contributed by atoms with Crippen LogP contribution < -0.4 is 5.32 Å². The highest BCUT2D eigenvalue weighted by atomic mass is 79.9. The summed E-state index contributed by atoms with van der Waals surface area (Å²) in [6.45, 7) is 0. The van der Waals surface area contributed by atoms with E-state index in [1.165, 1.54) is 0 Å². The van der Waals surface area contributed by atoms with Crippen molar-refractivity contribution in [2.75, 3.05) is 11.5 Å². The van der Waals surface area contributed by atoms with Crippen LogP contribution in [-0.4, -0.2) is 36.7 Å². The number of hydrogen-bond acceptors (Lipinski definition) is 3. The Balaban J connectivity index is 1.89. The van der Waals surface area contributed by atoms with Crippen LogP contribution in [0.1, 0.15) is 25.7 Å². The van der Waals surface area contributed by atoms with Crippen molar-refractivity contribution in [1.82, 2.24) is 5.32 Å². The fraction of sp³-hybridized carbons (Fsp3) is 0.900. The fourth-order valence-electron chi connectivity index (χ4n) is 2.38. The summed E-state index contributed by atoms with van der Waals surface area (Å²) in [6, 6.07) is 0.177. The molecule has 0 spiro atoms. The first-order valence-corrected chi connectivity index (χ1v) is 8.36. The summed E-state index contributed by atoms with van der Waals surface area (Å²) < 4.78 is 22.5. The van der Waals surface area contributed by atoms with Crippen molar-refractivity contribution in [2.24, 2.45) is 5.92 Å². The van der Waals surface area contributed by atoms with Crippen molar-refractivity contribution < 1.29 is 13.2 Å². The SMILES string of the molecule is O=C(NC1CCCC1Br)C1CCS(=O)(=O)C1. The molecule has 0 aromatic rings. The molecule has 1 saturated carbocycles. The van der Waals surface area contributed by atoms with Crippen molar-refractivity contribution in [1.29, 1.82) is 0 Å². The first-order valence-electron chi connectivity index (χ1n) is 5.63. The maximum Gasteiger partial charge on any atom is 0.224 e. The number of carbonyl (C=O) groups excluding carboxylic acids is 1. The second-order valence-corrected chi connectivity index (χ2v) is 8.07. The number of alkyl halides is 1. The van der Waals surface area contributed by atoms with Gasteiger partial charge in [-0.25, -0.2) is 8.42 Å². The van der Waals surface area contributed by atoms with Crippen LogP contribution in [0.2, 0.25) is 0 Å². The Morgan fingerprint density at radius 1 is 1.25 bits per heavy atom. The van der Waals surface area contributed by atoms with Gasteiger partial charge in [0.2, 0.25) is 5.91 Å². The molecule has 0 aromatic carbocycles. The van der Waals surface area contributed by atoms with Gasteiger partial charge < -0.3 is 5.32 Å². The zero-order valence-corrected chi connectivity index (χ0v) is 11.4. The molecule has 1 aliphatic heterocycles. The molecule has 1 amide bonds. The molecule has 0 radical (unpaired) electrons. The topological polar surface area (TPSA) is 63.2 Å². The Kier molecular flexibility index (Phi) is 3.59. The minimum Gasteiger partial charge on any atom is -0.352 e. The van der Waals surface area contributed by atoms with Crippen LogP contribution in [-0.2, 0) is 14.6 Å². The Bertz CT molecular complexity index is 382. The second-order valence-electron chi connectivity index (χ2n) is 4.66. The molecule has 1 saturated heterocycles. The molecule has 2 rings (SSSR count). The van der Waals surface area contributed by atoms with Crippen molar-refractivity contribution in [2.45, 2.75) is 36.6 Å². The third-order valence-electron chi connectivity index (χ3n) is 3.36. The van der Waals surface area contributed by atoms with E-state index in [4.69, 9.17) is 0 Å². The van der Waals surface area contributed by atoms with Gasteiger partial charge in [-0.1, -0.05) is 22.4 Å². The van der Waals surface area contributed by atoms with Gasteiger partial charge in [-0.2, -0.15) is 0 Å². The average Bonchev–Trinajstić information content (AvgIpc) is 2.74. The van der Waals surface area contributed by atoms with Gasteiger partial charge in [-0.15, -0.1) is 0 Å². The highest BCUT2D eigenvalue weighted by Gasteiger charge is 2.35. The Morgan fingerprint density at radius 3 is 2.50 bits per heavy atom. The first kappa shape index (κ1) is 12.4. The molecule has 16 heavy (non-hydrogen) atoms. The van der Waals surface area contributed by atoms with Gasteiger partial charge in [0.15, 0.2) is 9.84 Å². The molecule has 0 aromatic heterocycles. The molecule has 1 N–H and O–H groups in total. The molecule has 2 fully saturated rings. The summed E-state index contributed by atoms with van der Waals surface area (Å²) in [5.74, 6) is -0.228. The number of hydrogen-bond donors (Lipinski definition) is 1. The molecule has 1 heterocycles. The van der Waals surface area contributed by atoms with Crippen molar-refractivity contribution >= 4 is 31.7 Å². The smallest absolute Gasteiger partial charge is 0.224 e. The summed E-state index contributed by atoms with van der Waals surface area (Å²) in [6.07, 6.45) is 3.66. The zero-order chi connectivity index (χ0) is 11.8. The highest BCUT2D eigenvalue weighted by molar-refractivity contribution is 9.09. The van der Waals surface area contributed by atoms with Gasteiger partial charge in [0, 0.05) is 10.9 Å². The van der Waals surface area contributed by atoms with E-state index in [2.05, 4.69) is 21.2 Å². The Morgan fingerprint density at radius 2 is 2.00 bits per heavy atom. The number of amides is 1. The molecule has 92 valence electrons. The van der Waals surface area contributed by atoms with Crippen LogP contribution in [0, 0.1) is 5.92 Å². The van der Waals surface area contributed by atoms with Crippen LogP contribution in [0.4, 0.5) is 0 Å². The van der Waals surface area contributed by atoms with Gasteiger partial charge in [0.25, 0.3) is 0 Å². The van der Waals surface area contributed by atoms with Gasteiger partial charge >= 0.3 is 0 Å². The normalized spacial score (nSPS) is 37.4. The van der Waals surface area contributed by atoms with E-state index in [0.29, 0.717) is 11.2 Å². The summed E-state index contributed by atoms with van der Waals surface area (Å²) in [5.41, 5.74) is 0. The largest absolute Gasteiger partial charge is 0.352 e. The first-order chi connectivity index (χ1) is 7.48. The number of sulfone groups is 1. The minimum absolute atomic E-state index is 0.0263. The van der Waals surface area contributed by atoms with Crippen LogP contribution >= 0.6 is 15.9 Å². The Hall–Kier alpha value is -0.100. The van der Waals surface area contributed by atoms with Crippen molar-refractivity contribution in [3.05, 3.63) is 0 Å². The standard InChI is InChI=1S/C10H16BrNO3S/c11-8-2-1-3-9(8)12-10(13)7-4-5-16(14,15)6-7/h7-9H,1-6H2,(H,12,13). The van der Waals surface area contributed by atoms with Gasteiger partial charge in [-0.3, -0.25) is 4.79 Å². The predicted octanol–water partition coefficient (Wildman–Crippen LogP) is 0.853. The molecule has 3 unspecified atom stereocenters. The second kappa shape index (κ2) is 4.64. The third kappa shape index (κ3) is 2.77. The summed E-state index contributed by atoms with van der Waals surface area (Å²) in [7, 11) is -2.96. The third-order valence-corrected chi connectivity index (χ3v) is 6.23. The predicted molar refractivity (Wildman–Crippen MR) is 65.3 cm³/mol. The molecule has 3 atom stereocenters. The summed E-state index contributed by atoms with van der Waals surface area (Å²) in [5, 5.41) is 2.96. The number of carbonyl (C=O) groups is 1. The molecular weight excluding hydrogens is 294 g/mol. The van der Waals surface area contributed by atoms with Crippen molar-refractivity contribution in [3.63, 3.8) is 0 Å². The van der Waals surface area contributed by atoms with Gasteiger partial charge in [0.1, 0.15) is 0 Å². The van der Waals surface area contributed by atoms with Crippen LogP contribution in [0.3, 0.4) is 0 Å². The number of nitrogens with one attached hydrogen (secondary N) is 1. The summed E-state index contributed by atoms with van der Waals surface area (Å²) in [4.78, 5) is 12.2. The molecule has 0 bridgehead atoms. The summed E-state index contributed by atoms with van der Waals surface area (Å²) >= 11 is 3.53. The minimum atomic E-state index is -2.96. The highest BCUT2D eigenvalue weighted by Crippen LogP contribution is 2.26. The molecule has 2 aliphatic rings. The molecule has 4 nitrogen and oxygen atoms in total. The van der Waals surface area contributed by atoms with E-state index in [0.717, 1.165) is 19.3 Å². The lowest BCUT2D eigenvalue weighted by molar-refractivity contribution is -0.124. The molecule has 1 aliphatic carbocycles. The van der Waals surface area contributed by atoms with Crippen LogP contribution in [0.15, 0.2) is 0 Å². The fourth-order valence-corrected chi connectivity index (χ4v) is 4.84. The van der Waals surface area contributed by atoms with Crippen LogP contribution in [0.25, 0.3) is 0 Å². The number of rotatable bonds is 2. The van der Waals surface area contributed by atoms with Gasteiger partial charge in [-0.05, 0) is 19.3 Å². The maximum atomic E-state index is 11.8. The van der Waals surface area contributed by atoms with E-state index < -0.39 is 9.84 Å². The number of halogens is 1. The van der Waals surface area contributed by atoms with E-state index in [1.807, 2.05) is 0 Å². The van der Waals surface area contributed by atoms with Gasteiger partial charge in [0.05, 0.1) is 17.4 Å². The lowest BCUT2D eigenvalue weighted by Gasteiger charge is -2.18. The lowest BCUT2D eigenvalue weighted by Crippen LogP contribution is -2.41. The zero-order valence-electron chi connectivity index (χ0n) is 8.99. The van der Waals surface area contributed by atoms with Crippen LogP contribution in [0.5, 0.6) is 0 Å². The molecular formula is C10H16BrNO3S. The Labute approximate surface area is 104 Å². The lowest BCUT2D eigenvalue weighted by atomic mass is 10.1. The van der Waals surface area contributed by atoms with E-state index in [-0.39, 0.29) is 29.4 Å². The van der Waals surface area contributed by atoms with E-state index in [1.54, 1.807) is 0 Å². The monoisotopic (exact) mass is 309 g/mol. The van der Waals surface area contributed by atoms with E-state index in [9.17, 15) is 13.2 Å². The quantitative estimate of drug-likeness (QED) is 0.769. The average molecular weight is 310 g/mol. The molecule has 6 heteroatoms. The van der Waals surface area contributed by atoms with E-state index >= 15 is 0 Å².